The zero-order valence-electron chi connectivity index (χ0n) is 11.3. The topological polar surface area (TPSA) is 30.5 Å². The third-order valence-corrected chi connectivity index (χ3v) is 3.38. The molecule has 112 valence electrons. The van der Waals surface area contributed by atoms with Gasteiger partial charge in [-0.25, -0.2) is 0 Å². The van der Waals surface area contributed by atoms with Gasteiger partial charge in [-0.1, -0.05) is 12.1 Å². The minimum atomic E-state index is -4.32. The van der Waals surface area contributed by atoms with Crippen LogP contribution in [-0.4, -0.2) is 26.6 Å². The zero-order chi connectivity index (χ0) is 14.6. The lowest BCUT2D eigenvalue weighted by Crippen LogP contribution is -2.22. The lowest BCUT2D eigenvalue weighted by Gasteiger charge is -2.26. The molecular formula is C14H18F3NO2. The predicted octanol–water partition coefficient (Wildman–Crippen LogP) is 3.20. The van der Waals surface area contributed by atoms with E-state index in [1.807, 2.05) is 19.2 Å². The quantitative estimate of drug-likeness (QED) is 0.667. The second kappa shape index (κ2) is 6.45. The molecule has 0 aliphatic heterocycles. The molecule has 0 heterocycles. The summed E-state index contributed by atoms with van der Waals surface area (Å²) in [7, 11) is 1.90. The highest BCUT2D eigenvalue weighted by molar-refractivity contribution is 5.43. The number of nitrogens with one attached hydrogen (secondary N) is 1. The van der Waals surface area contributed by atoms with Crippen LogP contribution < -0.4 is 10.1 Å². The standard InChI is InChI=1S/C14H18F3NO2/c1-18-12-6-2-5-11-10(12)4-3-7-13(11)20-9-19-8-14(15,16)17/h3-4,7,12,18H,2,5-6,8-9H2,1H3. The average Bonchev–Trinajstić information content (AvgIpc) is 2.42. The number of benzene rings is 1. The third-order valence-electron chi connectivity index (χ3n) is 3.38. The van der Waals surface area contributed by atoms with Crippen molar-refractivity contribution in [3.05, 3.63) is 29.3 Å². The molecule has 1 aromatic rings. The molecule has 1 aliphatic carbocycles. The molecule has 0 aromatic heterocycles. The molecule has 1 aliphatic rings. The lowest BCUT2D eigenvalue weighted by molar-refractivity contribution is -0.186. The van der Waals surface area contributed by atoms with E-state index in [4.69, 9.17) is 4.74 Å². The summed E-state index contributed by atoms with van der Waals surface area (Å²) in [6.45, 7) is -1.68. The number of hydrogen-bond donors (Lipinski definition) is 1. The van der Waals surface area contributed by atoms with Crippen LogP contribution in [0, 0.1) is 0 Å². The summed E-state index contributed by atoms with van der Waals surface area (Å²) in [6, 6.07) is 5.93. The van der Waals surface area contributed by atoms with Crippen LogP contribution in [0.1, 0.15) is 30.0 Å². The summed E-state index contributed by atoms with van der Waals surface area (Å²) in [5.41, 5.74) is 2.22. The monoisotopic (exact) mass is 289 g/mol. The molecule has 0 saturated heterocycles. The van der Waals surface area contributed by atoms with Crippen LogP contribution in [0.4, 0.5) is 13.2 Å². The average molecular weight is 289 g/mol. The first-order valence-electron chi connectivity index (χ1n) is 6.57. The number of fused-ring (bicyclic) bond motifs is 1. The Bertz CT molecular complexity index is 449. The number of halogens is 3. The van der Waals surface area contributed by atoms with Crippen molar-refractivity contribution in [2.24, 2.45) is 0 Å². The summed E-state index contributed by atoms with van der Waals surface area (Å²) >= 11 is 0. The molecule has 0 amide bonds. The zero-order valence-corrected chi connectivity index (χ0v) is 11.3. The van der Waals surface area contributed by atoms with E-state index in [1.165, 1.54) is 0 Å². The molecule has 0 saturated carbocycles. The highest BCUT2D eigenvalue weighted by Crippen LogP contribution is 2.35. The van der Waals surface area contributed by atoms with Crippen molar-refractivity contribution in [3.63, 3.8) is 0 Å². The molecule has 1 atom stereocenters. The van der Waals surface area contributed by atoms with E-state index in [-0.39, 0.29) is 12.8 Å². The van der Waals surface area contributed by atoms with Gasteiger partial charge in [0, 0.05) is 6.04 Å². The molecule has 0 radical (unpaired) electrons. The Balaban J connectivity index is 1.99. The van der Waals surface area contributed by atoms with Gasteiger partial charge in [-0.3, -0.25) is 0 Å². The van der Waals surface area contributed by atoms with Crippen molar-refractivity contribution in [1.29, 1.82) is 0 Å². The molecule has 2 rings (SSSR count). The van der Waals surface area contributed by atoms with Gasteiger partial charge in [0.1, 0.15) is 12.4 Å². The Morgan fingerprint density at radius 3 is 2.85 bits per heavy atom. The van der Waals surface area contributed by atoms with Crippen LogP contribution in [0.2, 0.25) is 0 Å². The van der Waals surface area contributed by atoms with Crippen molar-refractivity contribution in [2.75, 3.05) is 20.4 Å². The minimum absolute atomic E-state index is 0.276. The summed E-state index contributed by atoms with van der Waals surface area (Å²) in [5, 5.41) is 3.24. The van der Waals surface area contributed by atoms with E-state index in [2.05, 4.69) is 10.1 Å². The van der Waals surface area contributed by atoms with Crippen molar-refractivity contribution in [1.82, 2.24) is 5.32 Å². The highest BCUT2D eigenvalue weighted by atomic mass is 19.4. The molecule has 20 heavy (non-hydrogen) atoms. The van der Waals surface area contributed by atoms with Crippen LogP contribution in [0.15, 0.2) is 18.2 Å². The highest BCUT2D eigenvalue weighted by Gasteiger charge is 2.27. The third kappa shape index (κ3) is 3.86. The first-order chi connectivity index (χ1) is 9.51. The normalized spacial score (nSPS) is 18.7. The molecule has 1 N–H and O–H groups in total. The van der Waals surface area contributed by atoms with Gasteiger partial charge in [0.05, 0.1) is 0 Å². The second-order valence-corrected chi connectivity index (χ2v) is 4.78. The molecule has 0 fully saturated rings. The molecule has 1 unspecified atom stereocenters. The summed E-state index contributed by atoms with van der Waals surface area (Å²) in [6.07, 6.45) is -1.36. The van der Waals surface area contributed by atoms with Gasteiger partial charge in [0.2, 0.25) is 0 Å². The van der Waals surface area contributed by atoms with Gasteiger partial charge in [0.25, 0.3) is 0 Å². The summed E-state index contributed by atoms with van der Waals surface area (Å²) in [5.74, 6) is 0.615. The van der Waals surface area contributed by atoms with E-state index in [1.54, 1.807) is 6.07 Å². The van der Waals surface area contributed by atoms with E-state index in [0.717, 1.165) is 30.4 Å². The second-order valence-electron chi connectivity index (χ2n) is 4.78. The van der Waals surface area contributed by atoms with Gasteiger partial charge in [0.15, 0.2) is 6.79 Å². The number of ether oxygens (including phenoxy) is 2. The van der Waals surface area contributed by atoms with Crippen LogP contribution in [-0.2, 0) is 11.2 Å². The van der Waals surface area contributed by atoms with Crippen molar-refractivity contribution in [2.45, 2.75) is 31.5 Å². The molecule has 0 bridgehead atoms. The Hall–Kier alpha value is -1.27. The summed E-state index contributed by atoms with van der Waals surface area (Å²) < 4.78 is 45.7. The van der Waals surface area contributed by atoms with Crippen LogP contribution in [0.3, 0.4) is 0 Å². The van der Waals surface area contributed by atoms with Crippen LogP contribution in [0.25, 0.3) is 0 Å². The maximum atomic E-state index is 12.0. The van der Waals surface area contributed by atoms with Crippen LogP contribution in [0.5, 0.6) is 5.75 Å². The molecule has 6 heteroatoms. The molecule has 1 aromatic carbocycles. The fraction of sp³-hybridized carbons (Fsp3) is 0.571. The predicted molar refractivity (Wildman–Crippen MR) is 68.7 cm³/mol. The van der Waals surface area contributed by atoms with Gasteiger partial charge >= 0.3 is 6.18 Å². The SMILES string of the molecule is CNC1CCCc2c(OCOCC(F)(F)F)cccc21. The minimum Gasteiger partial charge on any atom is -0.467 e. The van der Waals surface area contributed by atoms with Crippen molar-refractivity contribution < 1.29 is 22.6 Å². The van der Waals surface area contributed by atoms with E-state index >= 15 is 0 Å². The first kappa shape index (κ1) is 15.1. The number of alkyl halides is 3. The first-order valence-corrected chi connectivity index (χ1v) is 6.57. The Kier molecular flexibility index (Phi) is 4.88. The van der Waals surface area contributed by atoms with Gasteiger partial charge in [-0.2, -0.15) is 13.2 Å². The number of hydrogen-bond acceptors (Lipinski definition) is 3. The van der Waals surface area contributed by atoms with Crippen molar-refractivity contribution >= 4 is 0 Å². The fourth-order valence-corrected chi connectivity index (χ4v) is 2.51. The smallest absolute Gasteiger partial charge is 0.411 e. The Labute approximate surface area is 116 Å². The Morgan fingerprint density at radius 1 is 1.35 bits per heavy atom. The van der Waals surface area contributed by atoms with Crippen LogP contribution >= 0.6 is 0 Å². The number of rotatable bonds is 5. The molecule has 3 nitrogen and oxygen atoms in total. The van der Waals surface area contributed by atoms with Gasteiger partial charge in [-0.15, -0.1) is 0 Å². The van der Waals surface area contributed by atoms with Crippen molar-refractivity contribution in [3.8, 4) is 5.75 Å². The fourth-order valence-electron chi connectivity index (χ4n) is 2.51. The van der Waals surface area contributed by atoms with E-state index < -0.39 is 12.8 Å². The maximum Gasteiger partial charge on any atom is 0.411 e. The largest absolute Gasteiger partial charge is 0.467 e. The maximum absolute atomic E-state index is 12.0. The Morgan fingerprint density at radius 2 is 2.15 bits per heavy atom. The van der Waals surface area contributed by atoms with Gasteiger partial charge in [-0.05, 0) is 43.5 Å². The molecular weight excluding hydrogens is 271 g/mol. The molecule has 0 spiro atoms. The van der Waals surface area contributed by atoms with E-state index in [9.17, 15) is 13.2 Å². The van der Waals surface area contributed by atoms with E-state index in [0.29, 0.717) is 5.75 Å². The lowest BCUT2D eigenvalue weighted by atomic mass is 9.87. The van der Waals surface area contributed by atoms with Gasteiger partial charge < -0.3 is 14.8 Å². The summed E-state index contributed by atoms with van der Waals surface area (Å²) in [4.78, 5) is 0.